The number of amides is 1. The van der Waals surface area contributed by atoms with Crippen LogP contribution in [0.1, 0.15) is 18.4 Å². The fourth-order valence-electron chi connectivity index (χ4n) is 3.27. The van der Waals surface area contributed by atoms with Gasteiger partial charge in [0.15, 0.2) is 5.13 Å². The maximum absolute atomic E-state index is 13.1. The fourth-order valence-corrected chi connectivity index (χ4v) is 4.26. The van der Waals surface area contributed by atoms with Crippen molar-refractivity contribution in [3.05, 3.63) is 54.1 Å². The van der Waals surface area contributed by atoms with Gasteiger partial charge in [0, 0.05) is 6.61 Å². The quantitative estimate of drug-likeness (QED) is 0.645. The van der Waals surface area contributed by atoms with Gasteiger partial charge in [-0.15, -0.1) is 0 Å². The Morgan fingerprint density at radius 1 is 1.26 bits per heavy atom. The molecule has 1 saturated heterocycles. The minimum Gasteiger partial charge on any atom is -0.497 e. The van der Waals surface area contributed by atoms with Gasteiger partial charge >= 0.3 is 0 Å². The van der Waals surface area contributed by atoms with Crippen LogP contribution in [0.5, 0.6) is 5.75 Å². The van der Waals surface area contributed by atoms with Crippen molar-refractivity contribution in [1.82, 2.24) is 4.98 Å². The highest BCUT2D eigenvalue weighted by Gasteiger charge is 2.26. The van der Waals surface area contributed by atoms with Crippen LogP contribution in [0.15, 0.2) is 48.5 Å². The highest BCUT2D eigenvalue weighted by molar-refractivity contribution is 7.22. The van der Waals surface area contributed by atoms with E-state index in [2.05, 4.69) is 0 Å². The molecule has 4 rings (SSSR count). The summed E-state index contributed by atoms with van der Waals surface area (Å²) in [6, 6.07) is 15.6. The van der Waals surface area contributed by atoms with Crippen LogP contribution in [-0.4, -0.2) is 37.3 Å². The Labute approximate surface area is 162 Å². The fraction of sp³-hybridized carbons (Fsp3) is 0.333. The van der Waals surface area contributed by atoms with Crippen molar-refractivity contribution < 1.29 is 14.3 Å². The summed E-state index contributed by atoms with van der Waals surface area (Å²) in [7, 11) is 1.64. The Hall–Kier alpha value is -2.44. The molecule has 5 nitrogen and oxygen atoms in total. The average molecular weight is 382 g/mol. The lowest BCUT2D eigenvalue weighted by Gasteiger charge is -2.23. The molecule has 2 heterocycles. The van der Waals surface area contributed by atoms with Crippen molar-refractivity contribution in [2.24, 2.45) is 0 Å². The van der Waals surface area contributed by atoms with E-state index in [0.717, 1.165) is 46.1 Å². The van der Waals surface area contributed by atoms with Gasteiger partial charge < -0.3 is 9.47 Å². The zero-order chi connectivity index (χ0) is 18.6. The number of benzene rings is 2. The van der Waals surface area contributed by atoms with Crippen LogP contribution in [0.2, 0.25) is 0 Å². The Morgan fingerprint density at radius 2 is 2.07 bits per heavy atom. The summed E-state index contributed by atoms with van der Waals surface area (Å²) in [5.41, 5.74) is 1.88. The van der Waals surface area contributed by atoms with Gasteiger partial charge in [-0.05, 0) is 42.7 Å². The predicted octanol–water partition coefficient (Wildman–Crippen LogP) is 4.06. The lowest BCUT2D eigenvalue weighted by atomic mass is 10.1. The Bertz CT molecular complexity index is 884. The first kappa shape index (κ1) is 17.9. The molecule has 6 heteroatoms. The number of aromatic nitrogens is 1. The van der Waals surface area contributed by atoms with Crippen molar-refractivity contribution in [1.29, 1.82) is 0 Å². The molecule has 0 radical (unpaired) electrons. The second kappa shape index (κ2) is 8.06. The summed E-state index contributed by atoms with van der Waals surface area (Å²) >= 11 is 1.55. The third kappa shape index (κ3) is 4.12. The van der Waals surface area contributed by atoms with E-state index in [1.54, 1.807) is 23.3 Å². The highest BCUT2D eigenvalue weighted by atomic mass is 32.1. The standard InChI is InChI=1S/C21H22N2O3S/c1-25-16-10-8-15(9-11-16)13-20(24)23(14-17-5-4-12-26-17)21-22-18-6-2-3-7-19(18)27-21/h2-3,6-11,17H,4-5,12-14H2,1H3/t17-/m0/s1. The number of nitrogens with zero attached hydrogens (tertiary/aromatic N) is 2. The summed E-state index contributed by atoms with van der Waals surface area (Å²) in [6.45, 7) is 1.32. The number of fused-ring (bicyclic) bond motifs is 1. The normalized spacial score (nSPS) is 16.6. The van der Waals surface area contributed by atoms with Crippen molar-refractivity contribution in [2.45, 2.75) is 25.4 Å². The van der Waals surface area contributed by atoms with E-state index in [4.69, 9.17) is 14.5 Å². The Balaban J connectivity index is 1.58. The van der Waals surface area contributed by atoms with Crippen molar-refractivity contribution in [3.8, 4) is 5.75 Å². The van der Waals surface area contributed by atoms with E-state index < -0.39 is 0 Å². The largest absolute Gasteiger partial charge is 0.497 e. The lowest BCUT2D eigenvalue weighted by molar-refractivity contribution is -0.118. The van der Waals surface area contributed by atoms with E-state index >= 15 is 0 Å². The highest BCUT2D eigenvalue weighted by Crippen LogP contribution is 2.30. The predicted molar refractivity (Wildman–Crippen MR) is 108 cm³/mol. The molecular formula is C21H22N2O3S. The summed E-state index contributed by atoms with van der Waals surface area (Å²) in [4.78, 5) is 19.6. The number of hydrogen-bond acceptors (Lipinski definition) is 5. The van der Waals surface area contributed by atoms with Crippen LogP contribution >= 0.6 is 11.3 Å². The molecule has 1 aromatic heterocycles. The molecule has 2 aromatic carbocycles. The summed E-state index contributed by atoms with van der Waals surface area (Å²) < 4.78 is 12.1. The van der Waals surface area contributed by atoms with Crippen LogP contribution in [-0.2, 0) is 16.0 Å². The van der Waals surface area contributed by atoms with Crippen molar-refractivity contribution >= 4 is 32.6 Å². The number of para-hydroxylation sites is 1. The molecule has 140 valence electrons. The van der Waals surface area contributed by atoms with E-state index in [0.29, 0.717) is 13.0 Å². The zero-order valence-corrected chi connectivity index (χ0v) is 16.1. The van der Waals surface area contributed by atoms with E-state index in [1.807, 2.05) is 48.5 Å². The molecule has 27 heavy (non-hydrogen) atoms. The molecule has 1 aliphatic rings. The number of carbonyl (C=O) groups excluding carboxylic acids is 1. The number of rotatable bonds is 6. The topological polar surface area (TPSA) is 51.7 Å². The van der Waals surface area contributed by atoms with Gasteiger partial charge in [-0.2, -0.15) is 0 Å². The smallest absolute Gasteiger partial charge is 0.233 e. The van der Waals surface area contributed by atoms with E-state index in [1.165, 1.54) is 0 Å². The number of anilines is 1. The second-order valence-electron chi connectivity index (χ2n) is 6.63. The number of ether oxygens (including phenoxy) is 2. The SMILES string of the molecule is COc1ccc(CC(=O)N(C[C@@H]2CCCO2)c2nc3ccccc3s2)cc1. The monoisotopic (exact) mass is 382 g/mol. The molecule has 1 amide bonds. The Kier molecular flexibility index (Phi) is 5.36. The second-order valence-corrected chi connectivity index (χ2v) is 7.64. The lowest BCUT2D eigenvalue weighted by Crippen LogP contribution is -2.38. The summed E-state index contributed by atoms with van der Waals surface area (Å²) in [6.07, 6.45) is 2.44. The Morgan fingerprint density at radius 3 is 2.78 bits per heavy atom. The van der Waals surface area contributed by atoms with Gasteiger partial charge in [0.1, 0.15) is 5.75 Å². The molecule has 0 saturated carbocycles. The van der Waals surface area contributed by atoms with Gasteiger partial charge in [0.25, 0.3) is 0 Å². The molecule has 1 atom stereocenters. The molecular weight excluding hydrogens is 360 g/mol. The molecule has 1 aliphatic heterocycles. The molecule has 3 aromatic rings. The van der Waals surface area contributed by atoms with Gasteiger partial charge in [-0.3, -0.25) is 9.69 Å². The summed E-state index contributed by atoms with van der Waals surface area (Å²) in [5, 5.41) is 0.741. The molecule has 0 aliphatic carbocycles. The van der Waals surface area contributed by atoms with Crippen LogP contribution < -0.4 is 9.64 Å². The molecule has 0 spiro atoms. The molecule has 0 unspecified atom stereocenters. The average Bonchev–Trinajstić information content (AvgIpc) is 3.35. The summed E-state index contributed by atoms with van der Waals surface area (Å²) in [5.74, 6) is 0.823. The van der Waals surface area contributed by atoms with Crippen LogP contribution in [0.3, 0.4) is 0 Å². The molecule has 1 fully saturated rings. The van der Waals surface area contributed by atoms with Crippen molar-refractivity contribution in [3.63, 3.8) is 0 Å². The van der Waals surface area contributed by atoms with E-state index in [-0.39, 0.29) is 12.0 Å². The third-order valence-electron chi connectivity index (χ3n) is 4.74. The van der Waals surface area contributed by atoms with Crippen LogP contribution in [0.4, 0.5) is 5.13 Å². The first-order valence-electron chi connectivity index (χ1n) is 9.13. The van der Waals surface area contributed by atoms with Gasteiger partial charge in [-0.25, -0.2) is 4.98 Å². The third-order valence-corrected chi connectivity index (χ3v) is 5.80. The number of thiazole rings is 1. The molecule has 0 N–H and O–H groups in total. The van der Waals surface area contributed by atoms with Gasteiger partial charge in [-0.1, -0.05) is 35.6 Å². The first-order valence-corrected chi connectivity index (χ1v) is 9.95. The first-order chi connectivity index (χ1) is 13.2. The van der Waals surface area contributed by atoms with Gasteiger partial charge in [0.05, 0.1) is 36.4 Å². The minimum atomic E-state index is 0.0368. The number of hydrogen-bond donors (Lipinski definition) is 0. The number of carbonyl (C=O) groups is 1. The van der Waals surface area contributed by atoms with Crippen LogP contribution in [0.25, 0.3) is 10.2 Å². The maximum atomic E-state index is 13.1. The zero-order valence-electron chi connectivity index (χ0n) is 15.3. The van der Waals surface area contributed by atoms with Crippen molar-refractivity contribution in [2.75, 3.05) is 25.2 Å². The van der Waals surface area contributed by atoms with Gasteiger partial charge in [0.2, 0.25) is 5.91 Å². The maximum Gasteiger partial charge on any atom is 0.233 e. The van der Waals surface area contributed by atoms with E-state index in [9.17, 15) is 4.79 Å². The number of methoxy groups -OCH3 is 1. The molecule has 0 bridgehead atoms. The minimum absolute atomic E-state index is 0.0368. The van der Waals surface area contributed by atoms with Crippen LogP contribution in [0, 0.1) is 0 Å².